The Labute approximate surface area is 152 Å². The highest BCUT2D eigenvalue weighted by molar-refractivity contribution is 5.88. The average Bonchev–Trinajstić information content (AvgIpc) is 2.64. The van der Waals surface area contributed by atoms with E-state index in [1.54, 1.807) is 20.3 Å². The Morgan fingerprint density at radius 1 is 1.04 bits per heavy atom. The number of aliphatic hydroxyl groups is 1. The predicted octanol–water partition coefficient (Wildman–Crippen LogP) is 2.66. The van der Waals surface area contributed by atoms with Gasteiger partial charge in [-0.15, -0.1) is 0 Å². The van der Waals surface area contributed by atoms with Gasteiger partial charge in [0.2, 0.25) is 0 Å². The number of hydrogen-bond donors (Lipinski definition) is 2. The van der Waals surface area contributed by atoms with Crippen molar-refractivity contribution in [2.24, 2.45) is 0 Å². The number of aliphatic hydroxyl groups excluding tert-OH is 1. The Kier molecular flexibility index (Phi) is 3.97. The first-order chi connectivity index (χ1) is 12.5. The van der Waals surface area contributed by atoms with Crippen LogP contribution in [0.2, 0.25) is 0 Å². The van der Waals surface area contributed by atoms with Crippen molar-refractivity contribution < 1.29 is 24.4 Å². The molecular formula is C20H23NO5. The number of benzene rings is 2. The summed E-state index contributed by atoms with van der Waals surface area (Å²) in [6.07, 6.45) is 0.116. The van der Waals surface area contributed by atoms with Crippen molar-refractivity contribution in [3.8, 4) is 34.1 Å². The number of nitrogens with zero attached hydrogens (tertiary/aromatic N) is 1. The van der Waals surface area contributed by atoms with Gasteiger partial charge in [-0.05, 0) is 42.3 Å². The fourth-order valence-electron chi connectivity index (χ4n) is 4.32. The van der Waals surface area contributed by atoms with Crippen LogP contribution in [-0.4, -0.2) is 50.0 Å². The summed E-state index contributed by atoms with van der Waals surface area (Å²) in [6, 6.07) is 5.71. The van der Waals surface area contributed by atoms with Crippen molar-refractivity contribution in [2.45, 2.75) is 18.6 Å². The summed E-state index contributed by atoms with van der Waals surface area (Å²) < 4.78 is 16.5. The summed E-state index contributed by atoms with van der Waals surface area (Å²) in [5.41, 5.74) is 4.29. The zero-order valence-electron chi connectivity index (χ0n) is 15.4. The topological polar surface area (TPSA) is 71.4 Å². The molecule has 0 saturated carbocycles. The molecule has 0 saturated heterocycles. The minimum atomic E-state index is -0.626. The van der Waals surface area contributed by atoms with Gasteiger partial charge in [-0.25, -0.2) is 0 Å². The second kappa shape index (κ2) is 6.07. The molecule has 2 N–H and O–H groups in total. The van der Waals surface area contributed by atoms with Crippen molar-refractivity contribution >= 4 is 0 Å². The molecule has 0 spiro atoms. The monoisotopic (exact) mass is 357 g/mol. The quantitative estimate of drug-likeness (QED) is 0.880. The third kappa shape index (κ3) is 2.19. The molecular weight excluding hydrogens is 334 g/mol. The highest BCUT2D eigenvalue weighted by Gasteiger charge is 2.40. The maximum atomic E-state index is 10.9. The van der Waals surface area contributed by atoms with Crippen LogP contribution in [0.5, 0.6) is 23.0 Å². The van der Waals surface area contributed by atoms with Crippen molar-refractivity contribution in [3.05, 3.63) is 34.9 Å². The number of methoxy groups -OCH3 is 3. The second-order valence-corrected chi connectivity index (χ2v) is 6.82. The Morgan fingerprint density at radius 2 is 1.77 bits per heavy atom. The number of aromatic hydroxyl groups is 1. The number of ether oxygens (including phenoxy) is 3. The maximum Gasteiger partial charge on any atom is 0.169 e. The molecule has 138 valence electrons. The molecule has 0 bridgehead atoms. The molecule has 2 aliphatic rings. The number of fused-ring (bicyclic) bond motifs is 2. The Bertz CT molecular complexity index is 879. The van der Waals surface area contributed by atoms with E-state index in [9.17, 15) is 10.2 Å². The lowest BCUT2D eigenvalue weighted by Crippen LogP contribution is -2.38. The molecule has 6 nitrogen and oxygen atoms in total. The van der Waals surface area contributed by atoms with Crippen molar-refractivity contribution in [1.29, 1.82) is 0 Å². The number of hydrogen-bond acceptors (Lipinski definition) is 6. The van der Waals surface area contributed by atoms with E-state index < -0.39 is 6.10 Å². The molecule has 1 aliphatic heterocycles. The molecule has 1 aliphatic carbocycles. The fraction of sp³-hybridized carbons (Fsp3) is 0.400. The Balaban J connectivity index is 2.13. The van der Waals surface area contributed by atoms with Crippen LogP contribution in [0.4, 0.5) is 0 Å². The summed E-state index contributed by atoms with van der Waals surface area (Å²) in [5.74, 6) is 1.59. The van der Waals surface area contributed by atoms with E-state index in [-0.39, 0.29) is 11.8 Å². The van der Waals surface area contributed by atoms with Crippen LogP contribution in [0.1, 0.15) is 28.8 Å². The third-order valence-corrected chi connectivity index (χ3v) is 5.54. The number of likely N-dealkylation sites (N-methyl/N-ethyl adjacent to an activating group) is 1. The van der Waals surface area contributed by atoms with Gasteiger partial charge < -0.3 is 24.4 Å². The first-order valence-electron chi connectivity index (χ1n) is 8.58. The van der Waals surface area contributed by atoms with Gasteiger partial charge in [0.15, 0.2) is 23.0 Å². The van der Waals surface area contributed by atoms with Gasteiger partial charge in [-0.1, -0.05) is 6.07 Å². The number of phenols is 1. The fourth-order valence-corrected chi connectivity index (χ4v) is 4.32. The maximum absolute atomic E-state index is 10.9. The molecule has 2 aromatic rings. The van der Waals surface area contributed by atoms with E-state index in [0.29, 0.717) is 29.4 Å². The molecule has 1 heterocycles. The minimum absolute atomic E-state index is 0.0833. The molecule has 0 fully saturated rings. The lowest BCUT2D eigenvalue weighted by molar-refractivity contribution is 0.0827. The van der Waals surface area contributed by atoms with E-state index in [0.717, 1.165) is 28.7 Å². The van der Waals surface area contributed by atoms with Crippen molar-refractivity contribution in [1.82, 2.24) is 4.90 Å². The highest BCUT2D eigenvalue weighted by Crippen LogP contribution is 2.57. The normalized spacial score (nSPS) is 21.0. The van der Waals surface area contributed by atoms with Crippen LogP contribution in [0.3, 0.4) is 0 Å². The SMILES string of the molecule is COc1ccc2c(c1O)-c1c(OC)c(OC)cc3c1[C@H](C2)N(C)C[C@@H]3O. The third-order valence-electron chi connectivity index (χ3n) is 5.54. The molecule has 0 amide bonds. The lowest BCUT2D eigenvalue weighted by Gasteiger charge is -2.42. The van der Waals surface area contributed by atoms with E-state index in [2.05, 4.69) is 4.90 Å². The smallest absolute Gasteiger partial charge is 0.169 e. The van der Waals surface area contributed by atoms with Gasteiger partial charge in [0, 0.05) is 23.7 Å². The van der Waals surface area contributed by atoms with Crippen LogP contribution in [0.25, 0.3) is 11.1 Å². The van der Waals surface area contributed by atoms with E-state index in [1.807, 2.05) is 19.2 Å². The largest absolute Gasteiger partial charge is 0.504 e. The molecule has 6 heteroatoms. The van der Waals surface area contributed by atoms with Crippen molar-refractivity contribution in [3.63, 3.8) is 0 Å². The van der Waals surface area contributed by atoms with Gasteiger partial charge in [0.25, 0.3) is 0 Å². The average molecular weight is 357 g/mol. The van der Waals surface area contributed by atoms with Gasteiger partial charge >= 0.3 is 0 Å². The summed E-state index contributed by atoms with van der Waals surface area (Å²) in [4.78, 5) is 2.15. The van der Waals surface area contributed by atoms with Gasteiger partial charge in [-0.2, -0.15) is 0 Å². The molecule has 0 radical (unpaired) electrons. The van der Waals surface area contributed by atoms with Crippen LogP contribution in [-0.2, 0) is 6.42 Å². The predicted molar refractivity (Wildman–Crippen MR) is 97.2 cm³/mol. The zero-order valence-corrected chi connectivity index (χ0v) is 15.4. The first-order valence-corrected chi connectivity index (χ1v) is 8.58. The van der Waals surface area contributed by atoms with Gasteiger partial charge in [-0.3, -0.25) is 4.90 Å². The molecule has 0 unspecified atom stereocenters. The molecule has 2 aromatic carbocycles. The molecule has 4 rings (SSSR count). The number of rotatable bonds is 3. The first kappa shape index (κ1) is 17.0. The lowest BCUT2D eigenvalue weighted by atomic mass is 9.75. The summed E-state index contributed by atoms with van der Waals surface area (Å²) >= 11 is 0. The number of phenolic OH excluding ortho intramolecular Hbond substituents is 1. The van der Waals surface area contributed by atoms with E-state index in [1.165, 1.54) is 7.11 Å². The van der Waals surface area contributed by atoms with Gasteiger partial charge in [0.05, 0.1) is 27.4 Å². The standard InChI is InChI=1S/C20H23NO5/c1-21-9-13(22)11-8-15(25-3)20(26-4)18-16-10(7-12(21)17(11)18)5-6-14(24-2)19(16)23/h5-6,8,12-13,22-23H,7,9H2,1-4H3/t12-,13-/m0/s1. The van der Waals surface area contributed by atoms with E-state index in [4.69, 9.17) is 14.2 Å². The van der Waals surface area contributed by atoms with Crippen LogP contribution in [0.15, 0.2) is 18.2 Å². The van der Waals surface area contributed by atoms with Gasteiger partial charge in [0.1, 0.15) is 0 Å². The molecule has 2 atom stereocenters. The minimum Gasteiger partial charge on any atom is -0.504 e. The second-order valence-electron chi connectivity index (χ2n) is 6.82. The summed E-state index contributed by atoms with van der Waals surface area (Å²) in [7, 11) is 6.70. The van der Waals surface area contributed by atoms with Crippen molar-refractivity contribution in [2.75, 3.05) is 34.9 Å². The van der Waals surface area contributed by atoms with E-state index >= 15 is 0 Å². The van der Waals surface area contributed by atoms with Crippen LogP contribution >= 0.6 is 0 Å². The summed E-state index contributed by atoms with van der Waals surface area (Å²) in [6.45, 7) is 0.546. The summed E-state index contributed by atoms with van der Waals surface area (Å²) in [5, 5.41) is 21.5. The highest BCUT2D eigenvalue weighted by atomic mass is 16.5. The Morgan fingerprint density at radius 3 is 2.42 bits per heavy atom. The van der Waals surface area contributed by atoms with Crippen LogP contribution < -0.4 is 14.2 Å². The molecule has 0 aromatic heterocycles. The Hall–Kier alpha value is -2.44. The zero-order chi connectivity index (χ0) is 18.6. The number of β-amino-alcohol motifs (C(OH)–C–C–N with tert-alkyl or cyclic N) is 1. The molecule has 26 heavy (non-hydrogen) atoms. The van der Waals surface area contributed by atoms with Crippen LogP contribution in [0, 0.1) is 0 Å².